The standard InChI is InChI=1S/C23H23NO7/c1-2-29-23(28)20-17(14-7-5-6-10-18(14)31-20)13-30-19(25)11-12-24-21(26)15-8-3-4-9-16(15)22(24)27/h3-7,10,15-16H,2,8-9,11-13H2,1H3. The molecule has 0 bridgehead atoms. The molecule has 0 saturated carbocycles. The molecule has 162 valence electrons. The first-order valence-electron chi connectivity index (χ1n) is 10.3. The maximum Gasteiger partial charge on any atom is 0.374 e. The Morgan fingerprint density at radius 2 is 1.74 bits per heavy atom. The second-order valence-corrected chi connectivity index (χ2v) is 7.52. The average Bonchev–Trinajstić information content (AvgIpc) is 3.27. The number of allylic oxidation sites excluding steroid dienone is 2. The number of benzene rings is 1. The molecule has 8 nitrogen and oxygen atoms in total. The van der Waals surface area contributed by atoms with E-state index < -0.39 is 11.9 Å². The van der Waals surface area contributed by atoms with E-state index in [2.05, 4.69) is 0 Å². The second kappa shape index (κ2) is 8.75. The number of carbonyl (C=O) groups is 4. The van der Waals surface area contributed by atoms with E-state index in [9.17, 15) is 19.2 Å². The van der Waals surface area contributed by atoms with Crippen LogP contribution in [0.25, 0.3) is 11.0 Å². The summed E-state index contributed by atoms with van der Waals surface area (Å²) < 4.78 is 16.0. The van der Waals surface area contributed by atoms with Crippen LogP contribution >= 0.6 is 0 Å². The summed E-state index contributed by atoms with van der Waals surface area (Å²) in [4.78, 5) is 50.7. The van der Waals surface area contributed by atoms with Crippen molar-refractivity contribution in [3.63, 3.8) is 0 Å². The van der Waals surface area contributed by atoms with Crippen LogP contribution in [0.1, 0.15) is 42.3 Å². The number of hydrogen-bond donors (Lipinski definition) is 0. The topological polar surface area (TPSA) is 103 Å². The third-order valence-corrected chi connectivity index (χ3v) is 5.68. The predicted octanol–water partition coefficient (Wildman–Crippen LogP) is 2.99. The Morgan fingerprint density at radius 3 is 2.42 bits per heavy atom. The maximum atomic E-state index is 12.5. The molecular formula is C23H23NO7. The first-order valence-corrected chi connectivity index (χ1v) is 10.3. The van der Waals surface area contributed by atoms with E-state index in [0.717, 1.165) is 0 Å². The zero-order chi connectivity index (χ0) is 22.0. The van der Waals surface area contributed by atoms with Crippen LogP contribution in [0.4, 0.5) is 0 Å². The molecule has 1 fully saturated rings. The van der Waals surface area contributed by atoms with Gasteiger partial charge in [0, 0.05) is 11.9 Å². The van der Waals surface area contributed by atoms with Gasteiger partial charge in [-0.3, -0.25) is 19.3 Å². The van der Waals surface area contributed by atoms with Crippen molar-refractivity contribution >= 4 is 34.7 Å². The molecule has 1 aliphatic carbocycles. The molecule has 4 rings (SSSR count). The van der Waals surface area contributed by atoms with E-state index in [1.54, 1.807) is 31.2 Å². The van der Waals surface area contributed by atoms with E-state index in [-0.39, 0.29) is 55.6 Å². The van der Waals surface area contributed by atoms with Crippen LogP contribution in [0.3, 0.4) is 0 Å². The number of para-hydroxylation sites is 1. The smallest absolute Gasteiger partial charge is 0.374 e. The fourth-order valence-corrected chi connectivity index (χ4v) is 4.12. The van der Waals surface area contributed by atoms with Crippen LogP contribution in [-0.2, 0) is 30.5 Å². The van der Waals surface area contributed by atoms with Crippen LogP contribution in [0.15, 0.2) is 40.8 Å². The summed E-state index contributed by atoms with van der Waals surface area (Å²) in [5.74, 6) is -2.30. The van der Waals surface area contributed by atoms with Gasteiger partial charge in [-0.15, -0.1) is 0 Å². The number of esters is 2. The van der Waals surface area contributed by atoms with Crippen LogP contribution in [0, 0.1) is 11.8 Å². The van der Waals surface area contributed by atoms with E-state index in [0.29, 0.717) is 29.4 Å². The summed E-state index contributed by atoms with van der Waals surface area (Å²) in [5.41, 5.74) is 0.911. The van der Waals surface area contributed by atoms with Crippen molar-refractivity contribution in [1.29, 1.82) is 0 Å². The lowest BCUT2D eigenvalue weighted by Crippen LogP contribution is -2.33. The minimum absolute atomic E-state index is 0.00248. The highest BCUT2D eigenvalue weighted by Crippen LogP contribution is 2.35. The van der Waals surface area contributed by atoms with Gasteiger partial charge >= 0.3 is 11.9 Å². The Labute approximate surface area is 178 Å². The average molecular weight is 425 g/mol. The van der Waals surface area contributed by atoms with E-state index in [1.165, 1.54) is 4.90 Å². The summed E-state index contributed by atoms with van der Waals surface area (Å²) >= 11 is 0. The summed E-state index contributed by atoms with van der Waals surface area (Å²) in [7, 11) is 0. The van der Waals surface area contributed by atoms with Crippen molar-refractivity contribution in [3.05, 3.63) is 47.7 Å². The molecule has 1 aliphatic heterocycles. The number of amides is 2. The fourth-order valence-electron chi connectivity index (χ4n) is 4.12. The molecule has 2 atom stereocenters. The number of nitrogens with zero attached hydrogens (tertiary/aromatic N) is 1. The number of hydrogen-bond acceptors (Lipinski definition) is 7. The minimum Gasteiger partial charge on any atom is -0.461 e. The number of fused-ring (bicyclic) bond motifs is 2. The highest BCUT2D eigenvalue weighted by Gasteiger charge is 2.46. The van der Waals surface area contributed by atoms with Crippen molar-refractivity contribution in [2.24, 2.45) is 11.8 Å². The monoisotopic (exact) mass is 425 g/mol. The third kappa shape index (κ3) is 3.97. The molecule has 8 heteroatoms. The lowest BCUT2D eigenvalue weighted by molar-refractivity contribution is -0.146. The number of ether oxygens (including phenoxy) is 2. The van der Waals surface area contributed by atoms with Crippen molar-refractivity contribution in [2.75, 3.05) is 13.2 Å². The predicted molar refractivity (Wildman–Crippen MR) is 109 cm³/mol. The third-order valence-electron chi connectivity index (χ3n) is 5.68. The quantitative estimate of drug-likeness (QED) is 0.382. The van der Waals surface area contributed by atoms with Crippen molar-refractivity contribution in [3.8, 4) is 0 Å². The summed E-state index contributed by atoms with van der Waals surface area (Å²) in [6.07, 6.45) is 4.83. The van der Waals surface area contributed by atoms with Gasteiger partial charge in [-0.25, -0.2) is 4.79 Å². The van der Waals surface area contributed by atoms with Gasteiger partial charge in [0.1, 0.15) is 12.2 Å². The molecule has 2 aliphatic rings. The van der Waals surface area contributed by atoms with E-state index in [4.69, 9.17) is 13.9 Å². The summed E-state index contributed by atoms with van der Waals surface area (Å²) in [6.45, 7) is 1.68. The van der Waals surface area contributed by atoms with Gasteiger partial charge in [-0.2, -0.15) is 0 Å². The first kappa shape index (κ1) is 20.8. The Balaban J connectivity index is 1.40. The van der Waals surface area contributed by atoms with Gasteiger partial charge < -0.3 is 13.9 Å². The minimum atomic E-state index is -0.630. The van der Waals surface area contributed by atoms with Crippen LogP contribution in [0.5, 0.6) is 0 Å². The molecule has 0 N–H and O–H groups in total. The molecule has 31 heavy (non-hydrogen) atoms. The number of rotatable bonds is 7. The maximum absolute atomic E-state index is 12.5. The Hall–Kier alpha value is -3.42. The molecule has 1 aromatic heterocycles. The summed E-state index contributed by atoms with van der Waals surface area (Å²) in [5, 5.41) is 0.653. The molecule has 2 unspecified atom stereocenters. The van der Waals surface area contributed by atoms with Crippen LogP contribution < -0.4 is 0 Å². The van der Waals surface area contributed by atoms with Gasteiger partial charge in [-0.05, 0) is 25.8 Å². The lowest BCUT2D eigenvalue weighted by atomic mass is 9.85. The van der Waals surface area contributed by atoms with Gasteiger partial charge in [0.15, 0.2) is 0 Å². The zero-order valence-electron chi connectivity index (χ0n) is 17.2. The van der Waals surface area contributed by atoms with Crippen molar-refractivity contribution in [1.82, 2.24) is 4.90 Å². The molecule has 2 amide bonds. The first-order chi connectivity index (χ1) is 15.0. The van der Waals surface area contributed by atoms with E-state index in [1.807, 2.05) is 12.2 Å². The normalized spacial score (nSPS) is 20.2. The summed E-state index contributed by atoms with van der Waals surface area (Å²) in [6, 6.07) is 7.04. The molecule has 0 radical (unpaired) electrons. The Kier molecular flexibility index (Phi) is 5.88. The van der Waals surface area contributed by atoms with Gasteiger partial charge in [0.25, 0.3) is 0 Å². The Bertz CT molecular complexity index is 1040. The molecule has 0 spiro atoms. The second-order valence-electron chi connectivity index (χ2n) is 7.52. The SMILES string of the molecule is CCOC(=O)c1oc2ccccc2c1COC(=O)CCN1C(=O)C2CC=CCC2C1=O. The molecule has 2 heterocycles. The largest absolute Gasteiger partial charge is 0.461 e. The number of likely N-dealkylation sites (tertiary alicyclic amines) is 1. The Morgan fingerprint density at radius 1 is 1.06 bits per heavy atom. The highest BCUT2D eigenvalue weighted by molar-refractivity contribution is 6.05. The highest BCUT2D eigenvalue weighted by atomic mass is 16.5. The van der Waals surface area contributed by atoms with Crippen LogP contribution in [0.2, 0.25) is 0 Å². The number of furan rings is 1. The van der Waals surface area contributed by atoms with Gasteiger partial charge in [-0.1, -0.05) is 30.4 Å². The van der Waals surface area contributed by atoms with Crippen LogP contribution in [-0.4, -0.2) is 41.8 Å². The molecular weight excluding hydrogens is 402 g/mol. The number of imide groups is 1. The molecule has 1 aromatic carbocycles. The fraction of sp³-hybridized carbons (Fsp3) is 0.391. The lowest BCUT2D eigenvalue weighted by Gasteiger charge is -2.14. The molecule has 2 aromatic rings. The van der Waals surface area contributed by atoms with E-state index >= 15 is 0 Å². The van der Waals surface area contributed by atoms with Gasteiger partial charge in [0.2, 0.25) is 17.6 Å². The van der Waals surface area contributed by atoms with Crippen molar-refractivity contribution in [2.45, 2.75) is 32.8 Å². The number of carbonyl (C=O) groups excluding carboxylic acids is 4. The zero-order valence-corrected chi connectivity index (χ0v) is 17.2. The van der Waals surface area contributed by atoms with Crippen molar-refractivity contribution < 1.29 is 33.1 Å². The van der Waals surface area contributed by atoms with Gasteiger partial charge in [0.05, 0.1) is 30.4 Å². The molecule has 1 saturated heterocycles.